The fourth-order valence-electron chi connectivity index (χ4n) is 6.27. The van der Waals surface area contributed by atoms with E-state index in [0.717, 1.165) is 17.2 Å². The summed E-state index contributed by atoms with van der Waals surface area (Å²) in [4.78, 5) is 25.6. The quantitative estimate of drug-likeness (QED) is 0.133. The van der Waals surface area contributed by atoms with Crippen molar-refractivity contribution in [2.24, 2.45) is 0 Å². The zero-order valence-electron chi connectivity index (χ0n) is 33.0. The molecular weight excluding hydrogens is 681 g/mol. The van der Waals surface area contributed by atoms with Crippen molar-refractivity contribution in [3.05, 3.63) is 54.0 Å². The molecule has 1 aromatic carbocycles. The van der Waals surface area contributed by atoms with Gasteiger partial charge in [-0.05, 0) is 64.4 Å². The Labute approximate surface area is 306 Å². The number of nitrogens with zero attached hydrogens (tertiary/aromatic N) is 4. The van der Waals surface area contributed by atoms with Crippen LogP contribution in [0, 0.1) is 0 Å². The number of hydrogen-bond donors (Lipinski definition) is 0. The van der Waals surface area contributed by atoms with Gasteiger partial charge in [-0.3, -0.25) is 4.90 Å². The molecule has 0 N–H and O–H groups in total. The van der Waals surface area contributed by atoms with Gasteiger partial charge < -0.3 is 32.7 Å². The molecule has 282 valence electrons. The third kappa shape index (κ3) is 9.23. The summed E-state index contributed by atoms with van der Waals surface area (Å²) in [5, 5.41) is -0.0244. The Bertz CT molecular complexity index is 1660. The van der Waals surface area contributed by atoms with Gasteiger partial charge in [0.2, 0.25) is 5.88 Å². The van der Waals surface area contributed by atoms with Gasteiger partial charge in [0.05, 0.1) is 18.7 Å². The summed E-state index contributed by atoms with van der Waals surface area (Å²) < 4.78 is 40.9. The maximum absolute atomic E-state index is 14.4. The van der Waals surface area contributed by atoms with Crippen molar-refractivity contribution in [2.45, 2.75) is 148 Å². The number of benzene rings is 1. The first-order valence-electron chi connectivity index (χ1n) is 18.2. The smallest absolute Gasteiger partial charge is 0.411 e. The van der Waals surface area contributed by atoms with Crippen LogP contribution in [0.1, 0.15) is 72.6 Å². The maximum Gasteiger partial charge on any atom is 0.411 e. The predicted molar refractivity (Wildman–Crippen MR) is 204 cm³/mol. The van der Waals surface area contributed by atoms with Gasteiger partial charge in [-0.1, -0.05) is 70.7 Å². The van der Waals surface area contributed by atoms with Crippen molar-refractivity contribution in [1.82, 2.24) is 19.4 Å². The lowest BCUT2D eigenvalue weighted by atomic mass is 10.0. The van der Waals surface area contributed by atoms with Gasteiger partial charge in [0.1, 0.15) is 48.5 Å². The van der Waals surface area contributed by atoms with Gasteiger partial charge in [-0.25, -0.2) is 9.78 Å². The fraction of sp³-hybridized carbons (Fsp3) is 0.658. The van der Waals surface area contributed by atoms with E-state index in [-0.39, 0.29) is 18.4 Å². The van der Waals surface area contributed by atoms with Crippen LogP contribution in [0.25, 0.3) is 11.0 Å². The molecule has 4 heterocycles. The number of aromatic nitrogens is 3. The van der Waals surface area contributed by atoms with Crippen LogP contribution in [0.3, 0.4) is 0 Å². The minimum Gasteiger partial charge on any atom is -0.471 e. The minimum absolute atomic E-state index is 0.0244. The summed E-state index contributed by atoms with van der Waals surface area (Å²) in [5.41, 5.74) is 2.41. The Morgan fingerprint density at radius 1 is 0.961 bits per heavy atom. The molecule has 3 aromatic rings. The second kappa shape index (κ2) is 14.5. The van der Waals surface area contributed by atoms with Gasteiger partial charge in [0.25, 0.3) is 0 Å². The Balaban J connectivity index is 1.62. The molecule has 51 heavy (non-hydrogen) atoms. The van der Waals surface area contributed by atoms with Crippen molar-refractivity contribution >= 4 is 33.5 Å². The van der Waals surface area contributed by atoms with Crippen LogP contribution in [0.5, 0.6) is 5.88 Å². The molecule has 0 aliphatic carbocycles. The average Bonchev–Trinajstić information content (AvgIpc) is 3.62. The van der Waals surface area contributed by atoms with Crippen molar-refractivity contribution in [1.29, 1.82) is 0 Å². The fourth-order valence-corrected chi connectivity index (χ4v) is 8.05. The molecular formula is C38H60N4O7Si2. The number of carbonyl (C=O) groups excluding carboxylic acids is 1. The topological polar surface area (TPSA) is 106 Å². The highest BCUT2D eigenvalue weighted by molar-refractivity contribution is 6.76. The number of hydrogen-bond acceptors (Lipinski definition) is 9. The molecule has 0 bridgehead atoms. The van der Waals surface area contributed by atoms with Crippen molar-refractivity contribution in [2.75, 3.05) is 13.2 Å². The summed E-state index contributed by atoms with van der Waals surface area (Å²) >= 11 is 0. The Kier molecular flexibility index (Phi) is 11.2. The van der Waals surface area contributed by atoms with Crippen LogP contribution >= 0.6 is 0 Å². The first kappa shape index (κ1) is 39.4. The molecule has 0 saturated carbocycles. The van der Waals surface area contributed by atoms with Crippen molar-refractivity contribution in [3.63, 3.8) is 0 Å². The molecule has 0 radical (unpaired) electrons. The largest absolute Gasteiger partial charge is 0.471 e. The number of ether oxygens (including phenoxy) is 5. The second-order valence-corrected chi connectivity index (χ2v) is 28.5. The summed E-state index contributed by atoms with van der Waals surface area (Å²) in [6.45, 7) is 29.0. The van der Waals surface area contributed by atoms with E-state index in [0.29, 0.717) is 30.1 Å². The van der Waals surface area contributed by atoms with Crippen LogP contribution in [-0.2, 0) is 36.7 Å². The van der Waals surface area contributed by atoms with Crippen LogP contribution in [0.2, 0.25) is 43.8 Å². The van der Waals surface area contributed by atoms with E-state index in [1.807, 2.05) is 75.7 Å². The minimum atomic E-state index is -2.21. The number of fused-ring (bicyclic) bond motifs is 2. The van der Waals surface area contributed by atoms with E-state index in [1.54, 1.807) is 4.90 Å². The Morgan fingerprint density at radius 2 is 1.63 bits per heavy atom. The SMILES string of the molecule is CC(C)(C)OC(=O)N1[C@H](CO[Si](C)(C)C(C)(C)C)[C@H]2OC(C)(C)O[C@H]2[C@@H]1c1cn(COCC[Si](C)(C)C)c2c(OCc3ccccc3)ncnc12. The van der Waals surface area contributed by atoms with Gasteiger partial charge >= 0.3 is 6.09 Å². The molecule has 2 saturated heterocycles. The van der Waals surface area contributed by atoms with Gasteiger partial charge in [-0.2, -0.15) is 4.98 Å². The van der Waals surface area contributed by atoms with Crippen LogP contribution < -0.4 is 4.74 Å². The highest BCUT2D eigenvalue weighted by Gasteiger charge is 2.61. The van der Waals surface area contributed by atoms with E-state index in [9.17, 15) is 4.79 Å². The normalized spacial score (nSPS) is 22.4. The Morgan fingerprint density at radius 3 is 2.25 bits per heavy atom. The third-order valence-electron chi connectivity index (χ3n) is 9.94. The molecule has 0 spiro atoms. The maximum atomic E-state index is 14.4. The molecule has 2 fully saturated rings. The summed E-state index contributed by atoms with van der Waals surface area (Å²) in [5.74, 6) is -0.441. The van der Waals surface area contributed by atoms with Gasteiger partial charge in [-0.15, -0.1) is 0 Å². The zero-order valence-corrected chi connectivity index (χ0v) is 35.0. The van der Waals surface area contributed by atoms with Gasteiger partial charge in [0, 0.05) is 26.4 Å². The third-order valence-corrected chi connectivity index (χ3v) is 16.1. The molecule has 11 nitrogen and oxygen atoms in total. The molecule has 2 aromatic heterocycles. The van der Waals surface area contributed by atoms with E-state index >= 15 is 0 Å². The van der Waals surface area contributed by atoms with Crippen LogP contribution in [0.15, 0.2) is 42.9 Å². The highest BCUT2D eigenvalue weighted by Crippen LogP contribution is 2.50. The van der Waals surface area contributed by atoms with E-state index in [1.165, 1.54) is 6.33 Å². The highest BCUT2D eigenvalue weighted by atomic mass is 28.4. The molecule has 0 unspecified atom stereocenters. The second-order valence-electron chi connectivity index (χ2n) is 18.1. The van der Waals surface area contributed by atoms with Crippen molar-refractivity contribution in [3.8, 4) is 5.88 Å². The molecule has 1 amide bonds. The zero-order chi connectivity index (χ0) is 37.6. The number of carbonyl (C=O) groups is 1. The number of amides is 1. The first-order chi connectivity index (χ1) is 23.6. The van der Waals surface area contributed by atoms with Crippen molar-refractivity contribution < 1.29 is 32.9 Å². The molecule has 4 atom stereocenters. The summed E-state index contributed by atoms with van der Waals surface area (Å²) in [6.07, 6.45) is 2.08. The summed E-state index contributed by atoms with van der Waals surface area (Å²) in [7, 11) is -3.53. The lowest BCUT2D eigenvalue weighted by Gasteiger charge is -2.40. The van der Waals surface area contributed by atoms with E-state index in [4.69, 9.17) is 33.1 Å². The predicted octanol–water partition coefficient (Wildman–Crippen LogP) is 8.52. The van der Waals surface area contributed by atoms with Gasteiger partial charge in [0.15, 0.2) is 14.1 Å². The molecule has 2 aliphatic rings. The number of rotatable bonds is 12. The molecule has 5 rings (SSSR count). The first-order valence-corrected chi connectivity index (χ1v) is 24.8. The van der Waals surface area contributed by atoms with Crippen LogP contribution in [-0.4, -0.2) is 84.8 Å². The standard InChI is InChI=1S/C38H60N4O7Si2/c1-36(2,3)49-35(43)42-28(23-46-51(12,13)37(4,5)6)32-33(48-38(7,8)47-32)30(42)27-21-41(25-44-19-20-50(9,10)11)31-29(27)39-24-40-34(31)45-22-26-17-15-14-16-18-26/h14-18,21,24,28,30,32-33H,19-20,22-23,25H2,1-13H3/t28-,30+,32-,33+/m1/s1. The molecule has 13 heteroatoms. The Hall–Kier alpha value is -2.82. The average molecular weight is 741 g/mol. The lowest BCUT2D eigenvalue weighted by molar-refractivity contribution is -0.168. The van der Waals surface area contributed by atoms with Crippen LogP contribution in [0.4, 0.5) is 4.79 Å². The van der Waals surface area contributed by atoms with E-state index in [2.05, 4.69) is 58.5 Å². The monoisotopic (exact) mass is 740 g/mol. The number of likely N-dealkylation sites (tertiary alicyclic amines) is 1. The summed E-state index contributed by atoms with van der Waals surface area (Å²) in [6, 6.07) is 9.93. The molecule has 2 aliphatic heterocycles. The van der Waals surface area contributed by atoms with E-state index < -0.39 is 58.2 Å². The lowest BCUT2D eigenvalue weighted by Crippen LogP contribution is -2.50.